The van der Waals surface area contributed by atoms with Gasteiger partial charge < -0.3 is 19.4 Å². The Morgan fingerprint density at radius 1 is 0.781 bits per heavy atom. The molecule has 350 valence electrons. The lowest BCUT2D eigenvalue weighted by molar-refractivity contribution is -0.253. The van der Waals surface area contributed by atoms with Gasteiger partial charge in [-0.3, -0.25) is 19.4 Å². The standard InChI is InChI=1S/C55H80N4O5/c1-10-11-30-63-46(60)37-31-38(49(37,2)3)47(61)64-43-20-21-52(7)41(50(43,4)5)19-22-54(9)42(52)17-16-36-44-35(51(6)24-25-51)18-23-55(44,27-26-53(36,54)8)48(62)59-29-13-15-40(59)45-57-33-39(58-45)34-14-12-28-56-32-34/h12,14,28,32-33,35-38,40-44H,10-11,13,15-27,29-31H2,1-9H3,(H,57,58)/t35-,36-,37?,38?,40+,41+,42-,43+,44-,52+,53-,54-,55+/m1/s1. The number of hydrogen-bond donors (Lipinski definition) is 1. The minimum absolute atomic E-state index is 0.00528. The normalized spacial score (nSPS) is 42.3. The van der Waals surface area contributed by atoms with E-state index >= 15 is 4.79 Å². The van der Waals surface area contributed by atoms with E-state index in [9.17, 15) is 9.59 Å². The Morgan fingerprint density at radius 2 is 1.56 bits per heavy atom. The first-order valence-corrected chi connectivity index (χ1v) is 26.0. The van der Waals surface area contributed by atoms with Gasteiger partial charge in [0.2, 0.25) is 5.91 Å². The molecule has 9 nitrogen and oxygen atoms in total. The van der Waals surface area contributed by atoms with Crippen molar-refractivity contribution in [1.82, 2.24) is 19.9 Å². The third kappa shape index (κ3) is 6.42. The number of aromatic amines is 1. The van der Waals surface area contributed by atoms with Crippen LogP contribution in [0.15, 0.2) is 30.7 Å². The number of H-pyrrole nitrogens is 1. The SMILES string of the molecule is CCCCOC(=O)C1CC(C(=O)O[C@H]2CC[C@]3(C)[C@H]4CC[C@@H]5[C@H]6[C@H](C7(C)CC7)CC[C@]6(C(=O)N6CCC[C@H]6c6ncc(-c7cccnc7)[nH]6)CC[C@@]5(C)[C@]4(C)CC[C@H]3C2(C)C)C1(C)C. The van der Waals surface area contributed by atoms with Crippen LogP contribution in [0.2, 0.25) is 0 Å². The van der Waals surface area contributed by atoms with Crippen LogP contribution in [-0.2, 0) is 23.9 Å². The maximum atomic E-state index is 15.7. The molecule has 2 aromatic heterocycles. The Morgan fingerprint density at radius 3 is 2.28 bits per heavy atom. The van der Waals surface area contributed by atoms with Crippen LogP contribution in [0, 0.1) is 79.3 Å². The smallest absolute Gasteiger partial charge is 0.309 e. The number of esters is 2. The van der Waals surface area contributed by atoms with Crippen LogP contribution >= 0.6 is 0 Å². The molecule has 7 aliphatic carbocycles. The van der Waals surface area contributed by atoms with Gasteiger partial charge in [0.25, 0.3) is 0 Å². The summed E-state index contributed by atoms with van der Waals surface area (Å²) < 4.78 is 12.2. The van der Waals surface area contributed by atoms with Crippen molar-refractivity contribution in [3.63, 3.8) is 0 Å². The summed E-state index contributed by atoms with van der Waals surface area (Å²) in [6, 6.07) is 4.02. The van der Waals surface area contributed by atoms with E-state index < -0.39 is 5.41 Å². The lowest BCUT2D eigenvalue weighted by Crippen LogP contribution is -2.67. The molecule has 1 saturated heterocycles. The average Bonchev–Trinajstić information content (AvgIpc) is 3.64. The zero-order chi connectivity index (χ0) is 45.2. The van der Waals surface area contributed by atoms with Gasteiger partial charge in [-0.15, -0.1) is 0 Å². The number of aromatic nitrogens is 3. The molecular weight excluding hydrogens is 797 g/mol. The Bertz CT molecular complexity index is 2130. The highest BCUT2D eigenvalue weighted by Gasteiger charge is 2.74. The van der Waals surface area contributed by atoms with Crippen molar-refractivity contribution in [3.05, 3.63) is 36.5 Å². The van der Waals surface area contributed by atoms with Gasteiger partial charge in [0, 0.05) is 29.9 Å². The second-order valence-corrected chi connectivity index (χ2v) is 25.2. The maximum Gasteiger partial charge on any atom is 0.309 e. The van der Waals surface area contributed by atoms with Crippen molar-refractivity contribution in [2.24, 2.45) is 79.3 Å². The molecule has 13 atom stereocenters. The predicted octanol–water partition coefficient (Wildman–Crippen LogP) is 11.9. The number of carbonyl (C=O) groups excluding carboxylic acids is 3. The molecule has 8 aliphatic rings. The van der Waals surface area contributed by atoms with Gasteiger partial charge in [-0.1, -0.05) is 68.7 Å². The monoisotopic (exact) mass is 877 g/mol. The molecular formula is C55H80N4O5. The number of hydrogen-bond acceptors (Lipinski definition) is 7. The van der Waals surface area contributed by atoms with Gasteiger partial charge >= 0.3 is 11.9 Å². The molecule has 0 bridgehead atoms. The fraction of sp³-hybridized carbons (Fsp3) is 0.800. The average molecular weight is 877 g/mol. The van der Waals surface area contributed by atoms with Crippen LogP contribution in [0.4, 0.5) is 0 Å². The van der Waals surface area contributed by atoms with Gasteiger partial charge in [0.1, 0.15) is 11.9 Å². The zero-order valence-corrected chi connectivity index (χ0v) is 40.9. The van der Waals surface area contributed by atoms with Gasteiger partial charge in [0.05, 0.1) is 41.8 Å². The van der Waals surface area contributed by atoms with E-state index in [1.807, 2.05) is 32.3 Å². The second-order valence-electron chi connectivity index (χ2n) is 25.2. The van der Waals surface area contributed by atoms with Crippen molar-refractivity contribution >= 4 is 17.8 Å². The predicted molar refractivity (Wildman–Crippen MR) is 248 cm³/mol. The van der Waals surface area contributed by atoms with Crippen LogP contribution in [-0.4, -0.2) is 57.0 Å². The molecule has 10 rings (SSSR count). The quantitative estimate of drug-likeness (QED) is 0.187. The van der Waals surface area contributed by atoms with Crippen LogP contribution < -0.4 is 0 Å². The Kier molecular flexibility index (Phi) is 10.7. The zero-order valence-electron chi connectivity index (χ0n) is 40.9. The molecule has 64 heavy (non-hydrogen) atoms. The Labute approximate surface area is 384 Å². The van der Waals surface area contributed by atoms with E-state index in [1.165, 1.54) is 38.5 Å². The van der Waals surface area contributed by atoms with E-state index in [0.717, 1.165) is 87.8 Å². The molecule has 1 N–H and O–H groups in total. The van der Waals surface area contributed by atoms with E-state index in [1.54, 1.807) is 6.20 Å². The fourth-order valence-electron chi connectivity index (χ4n) is 17.6. The highest BCUT2D eigenvalue weighted by atomic mass is 16.5. The van der Waals surface area contributed by atoms with Crippen molar-refractivity contribution < 1.29 is 23.9 Å². The summed E-state index contributed by atoms with van der Waals surface area (Å²) in [7, 11) is 0. The molecule has 2 unspecified atom stereocenters. The van der Waals surface area contributed by atoms with E-state index in [4.69, 9.17) is 14.5 Å². The summed E-state index contributed by atoms with van der Waals surface area (Å²) in [5.74, 6) is 3.20. The topological polar surface area (TPSA) is 114 Å². The second kappa shape index (κ2) is 15.4. The maximum absolute atomic E-state index is 15.7. The molecule has 1 aliphatic heterocycles. The number of nitrogens with one attached hydrogen (secondary N) is 1. The highest BCUT2D eigenvalue weighted by molar-refractivity contribution is 5.85. The number of pyridine rings is 1. The van der Waals surface area contributed by atoms with E-state index in [-0.39, 0.29) is 63.0 Å². The molecule has 3 heterocycles. The number of fused-ring (bicyclic) bond motifs is 7. The van der Waals surface area contributed by atoms with Crippen LogP contribution in [0.1, 0.15) is 183 Å². The van der Waals surface area contributed by atoms with Crippen molar-refractivity contribution in [1.29, 1.82) is 0 Å². The lowest BCUT2D eigenvalue weighted by Gasteiger charge is -2.73. The number of imidazole rings is 1. The molecule has 0 radical (unpaired) electrons. The highest BCUT2D eigenvalue weighted by Crippen LogP contribution is 2.79. The van der Waals surface area contributed by atoms with Crippen LogP contribution in [0.25, 0.3) is 11.3 Å². The first-order chi connectivity index (χ1) is 30.4. The molecule has 0 spiro atoms. The van der Waals surface area contributed by atoms with Crippen LogP contribution in [0.3, 0.4) is 0 Å². The minimum atomic E-state index is -0.466. The number of amides is 1. The summed E-state index contributed by atoms with van der Waals surface area (Å²) in [4.78, 5) is 57.9. The number of ether oxygens (including phenoxy) is 2. The van der Waals surface area contributed by atoms with Crippen molar-refractivity contribution in [2.75, 3.05) is 13.2 Å². The summed E-state index contributed by atoms with van der Waals surface area (Å²) in [6.45, 7) is 22.9. The largest absolute Gasteiger partial charge is 0.465 e. The molecule has 0 aromatic carbocycles. The first-order valence-electron chi connectivity index (χ1n) is 26.0. The van der Waals surface area contributed by atoms with Crippen molar-refractivity contribution in [3.8, 4) is 11.3 Å². The number of nitrogens with zero attached hydrogens (tertiary/aromatic N) is 3. The fourth-order valence-corrected chi connectivity index (χ4v) is 17.6. The van der Waals surface area contributed by atoms with Gasteiger partial charge in [-0.05, 0) is 172 Å². The third-order valence-corrected chi connectivity index (χ3v) is 22.0. The summed E-state index contributed by atoms with van der Waals surface area (Å²) in [5.41, 5.74) is 1.93. The molecule has 2 aromatic rings. The van der Waals surface area contributed by atoms with Crippen molar-refractivity contribution in [2.45, 2.75) is 184 Å². The lowest BCUT2D eigenvalue weighted by atomic mass is 9.32. The molecule has 1 amide bonds. The molecule has 9 heteroatoms. The number of rotatable bonds is 10. The first kappa shape index (κ1) is 44.6. The summed E-state index contributed by atoms with van der Waals surface area (Å²) in [6.07, 6.45) is 23.6. The molecule has 8 fully saturated rings. The summed E-state index contributed by atoms with van der Waals surface area (Å²) >= 11 is 0. The van der Waals surface area contributed by atoms with E-state index in [2.05, 4.69) is 69.4 Å². The summed E-state index contributed by atoms with van der Waals surface area (Å²) in [5, 5.41) is 0. The number of unbranched alkanes of at least 4 members (excludes halogenated alkanes) is 1. The third-order valence-electron chi connectivity index (χ3n) is 22.0. The van der Waals surface area contributed by atoms with E-state index in [0.29, 0.717) is 53.9 Å². The van der Waals surface area contributed by atoms with Gasteiger partial charge in [-0.2, -0.15) is 0 Å². The molecule has 7 saturated carbocycles. The van der Waals surface area contributed by atoms with Gasteiger partial charge in [0.15, 0.2) is 0 Å². The van der Waals surface area contributed by atoms with Gasteiger partial charge in [-0.25, -0.2) is 4.98 Å². The number of carbonyl (C=O) groups is 3. The minimum Gasteiger partial charge on any atom is -0.465 e. The number of likely N-dealkylation sites (tertiary alicyclic amines) is 1. The van der Waals surface area contributed by atoms with Crippen LogP contribution in [0.5, 0.6) is 0 Å². The Balaban J connectivity index is 0.879. The Hall–Kier alpha value is -3.23.